The SMILES string of the molecule is Cc1ccc(S(=O)(=O)Nc2cc(N(C)C)ncn2)cc1. The number of anilines is 2. The van der Waals surface area contributed by atoms with Crippen LogP contribution in [0.4, 0.5) is 11.6 Å². The van der Waals surface area contributed by atoms with Gasteiger partial charge >= 0.3 is 0 Å². The fourth-order valence-electron chi connectivity index (χ4n) is 1.56. The first-order chi connectivity index (χ1) is 9.38. The Morgan fingerprint density at radius 3 is 2.35 bits per heavy atom. The molecule has 6 nitrogen and oxygen atoms in total. The van der Waals surface area contributed by atoms with Gasteiger partial charge in [-0.25, -0.2) is 18.4 Å². The maximum Gasteiger partial charge on any atom is 0.263 e. The van der Waals surface area contributed by atoms with Crippen LogP contribution < -0.4 is 9.62 Å². The van der Waals surface area contributed by atoms with Crippen LogP contribution in [-0.2, 0) is 10.0 Å². The van der Waals surface area contributed by atoms with E-state index in [0.29, 0.717) is 5.82 Å². The van der Waals surface area contributed by atoms with Crippen molar-refractivity contribution in [2.45, 2.75) is 11.8 Å². The minimum absolute atomic E-state index is 0.202. The average molecular weight is 292 g/mol. The van der Waals surface area contributed by atoms with Crippen LogP contribution in [-0.4, -0.2) is 32.5 Å². The topological polar surface area (TPSA) is 75.2 Å². The zero-order valence-corrected chi connectivity index (χ0v) is 12.3. The van der Waals surface area contributed by atoms with Crippen molar-refractivity contribution in [3.05, 3.63) is 42.2 Å². The highest BCUT2D eigenvalue weighted by molar-refractivity contribution is 7.92. The Hall–Kier alpha value is -2.15. The molecular weight excluding hydrogens is 276 g/mol. The average Bonchev–Trinajstić information content (AvgIpc) is 2.39. The van der Waals surface area contributed by atoms with E-state index in [9.17, 15) is 8.42 Å². The van der Waals surface area contributed by atoms with Gasteiger partial charge in [-0.2, -0.15) is 0 Å². The molecule has 0 aliphatic heterocycles. The van der Waals surface area contributed by atoms with Crippen molar-refractivity contribution in [2.24, 2.45) is 0 Å². The molecule has 0 atom stereocenters. The lowest BCUT2D eigenvalue weighted by atomic mass is 10.2. The summed E-state index contributed by atoms with van der Waals surface area (Å²) in [7, 11) is 0.00870. The van der Waals surface area contributed by atoms with E-state index >= 15 is 0 Å². The number of rotatable bonds is 4. The standard InChI is InChI=1S/C13H16N4O2S/c1-10-4-6-11(7-5-10)20(18,19)16-12-8-13(17(2)3)15-9-14-12/h4-9H,1-3H3,(H,14,15,16). The van der Waals surface area contributed by atoms with Gasteiger partial charge < -0.3 is 4.90 Å². The number of hydrogen-bond donors (Lipinski definition) is 1. The fraction of sp³-hybridized carbons (Fsp3) is 0.231. The largest absolute Gasteiger partial charge is 0.363 e. The Morgan fingerprint density at radius 1 is 1.10 bits per heavy atom. The van der Waals surface area contributed by atoms with E-state index < -0.39 is 10.0 Å². The molecule has 1 N–H and O–H groups in total. The summed E-state index contributed by atoms with van der Waals surface area (Å²) in [4.78, 5) is 9.93. The normalized spacial score (nSPS) is 11.2. The first kappa shape index (κ1) is 14.3. The molecule has 0 aliphatic carbocycles. The van der Waals surface area contributed by atoms with Gasteiger partial charge in [-0.15, -0.1) is 0 Å². The highest BCUT2D eigenvalue weighted by Crippen LogP contribution is 2.17. The molecule has 0 bridgehead atoms. The fourth-order valence-corrected chi connectivity index (χ4v) is 2.56. The van der Waals surface area contributed by atoms with Crippen molar-refractivity contribution in [3.63, 3.8) is 0 Å². The lowest BCUT2D eigenvalue weighted by Gasteiger charge is -2.12. The second kappa shape index (κ2) is 5.46. The third kappa shape index (κ3) is 3.24. The summed E-state index contributed by atoms with van der Waals surface area (Å²) in [6.07, 6.45) is 1.32. The number of aromatic nitrogens is 2. The molecule has 1 aromatic carbocycles. The summed E-state index contributed by atoms with van der Waals surface area (Å²) >= 11 is 0. The molecule has 0 saturated carbocycles. The van der Waals surface area contributed by atoms with Crippen molar-refractivity contribution in [2.75, 3.05) is 23.7 Å². The number of hydrogen-bond acceptors (Lipinski definition) is 5. The molecule has 0 saturated heterocycles. The lowest BCUT2D eigenvalue weighted by molar-refractivity contribution is 0.601. The first-order valence-electron chi connectivity index (χ1n) is 5.97. The summed E-state index contributed by atoms with van der Waals surface area (Å²) in [5.41, 5.74) is 1.00. The Balaban J connectivity index is 2.28. The molecule has 20 heavy (non-hydrogen) atoms. The van der Waals surface area contributed by atoms with Crippen LogP contribution in [0.2, 0.25) is 0 Å². The monoisotopic (exact) mass is 292 g/mol. The predicted octanol–water partition coefficient (Wildman–Crippen LogP) is 1.65. The Kier molecular flexibility index (Phi) is 3.89. The van der Waals surface area contributed by atoms with Crippen LogP contribution in [0, 0.1) is 6.92 Å². The van der Waals surface area contributed by atoms with Crippen LogP contribution in [0.1, 0.15) is 5.56 Å². The summed E-state index contributed by atoms with van der Waals surface area (Å²) in [6, 6.07) is 8.20. The van der Waals surface area contributed by atoms with Crippen LogP contribution in [0.25, 0.3) is 0 Å². The molecule has 1 heterocycles. The summed E-state index contributed by atoms with van der Waals surface area (Å²) in [6.45, 7) is 1.90. The maximum absolute atomic E-state index is 12.2. The second-order valence-corrected chi connectivity index (χ2v) is 6.26. The van der Waals surface area contributed by atoms with Gasteiger partial charge in [-0.3, -0.25) is 4.72 Å². The van der Waals surface area contributed by atoms with Gasteiger partial charge in [0.25, 0.3) is 10.0 Å². The van der Waals surface area contributed by atoms with Crippen LogP contribution in [0.5, 0.6) is 0 Å². The molecule has 106 valence electrons. The van der Waals surface area contributed by atoms with E-state index in [2.05, 4.69) is 14.7 Å². The van der Waals surface area contributed by atoms with E-state index in [1.165, 1.54) is 6.33 Å². The van der Waals surface area contributed by atoms with Gasteiger partial charge in [0.1, 0.15) is 18.0 Å². The Morgan fingerprint density at radius 2 is 1.75 bits per heavy atom. The first-order valence-corrected chi connectivity index (χ1v) is 7.46. The highest BCUT2D eigenvalue weighted by Gasteiger charge is 2.15. The molecule has 0 amide bonds. The summed E-state index contributed by atoms with van der Waals surface area (Å²) in [5, 5.41) is 0. The molecule has 7 heteroatoms. The third-order valence-corrected chi connectivity index (χ3v) is 4.05. The smallest absolute Gasteiger partial charge is 0.263 e. The number of sulfonamides is 1. The number of benzene rings is 1. The predicted molar refractivity (Wildman–Crippen MR) is 78.3 cm³/mol. The van der Waals surface area contributed by atoms with Crippen LogP contribution in [0.15, 0.2) is 41.6 Å². The zero-order chi connectivity index (χ0) is 14.8. The van der Waals surface area contributed by atoms with E-state index in [0.717, 1.165) is 5.56 Å². The van der Waals surface area contributed by atoms with Crippen LogP contribution >= 0.6 is 0 Å². The van der Waals surface area contributed by atoms with Gasteiger partial charge in [0.05, 0.1) is 4.90 Å². The molecule has 0 unspecified atom stereocenters. The van der Waals surface area contributed by atoms with E-state index in [1.807, 2.05) is 21.0 Å². The molecule has 2 aromatic rings. The van der Waals surface area contributed by atoms with Gasteiger partial charge in [0.2, 0.25) is 0 Å². The van der Waals surface area contributed by atoms with Gasteiger partial charge in [-0.05, 0) is 19.1 Å². The number of nitrogens with zero attached hydrogens (tertiary/aromatic N) is 3. The maximum atomic E-state index is 12.2. The van der Waals surface area contributed by atoms with Crippen LogP contribution in [0.3, 0.4) is 0 Å². The van der Waals surface area contributed by atoms with E-state index in [4.69, 9.17) is 0 Å². The quantitative estimate of drug-likeness (QED) is 0.927. The highest BCUT2D eigenvalue weighted by atomic mass is 32.2. The minimum Gasteiger partial charge on any atom is -0.363 e. The van der Waals surface area contributed by atoms with E-state index in [-0.39, 0.29) is 10.7 Å². The zero-order valence-electron chi connectivity index (χ0n) is 11.5. The minimum atomic E-state index is -3.63. The van der Waals surface area contributed by atoms with E-state index in [1.54, 1.807) is 35.2 Å². The molecule has 0 spiro atoms. The van der Waals surface area contributed by atoms with Crippen molar-refractivity contribution < 1.29 is 8.42 Å². The number of nitrogens with one attached hydrogen (secondary N) is 1. The molecular formula is C13H16N4O2S. The second-order valence-electron chi connectivity index (χ2n) is 4.57. The van der Waals surface area contributed by atoms with Crippen molar-refractivity contribution in [3.8, 4) is 0 Å². The van der Waals surface area contributed by atoms with Crippen molar-refractivity contribution in [1.29, 1.82) is 0 Å². The summed E-state index contributed by atoms with van der Waals surface area (Å²) < 4.78 is 26.9. The molecule has 2 rings (SSSR count). The van der Waals surface area contributed by atoms with Crippen molar-refractivity contribution >= 4 is 21.7 Å². The third-order valence-electron chi connectivity index (χ3n) is 2.68. The van der Waals surface area contributed by atoms with Gasteiger partial charge in [-0.1, -0.05) is 17.7 Å². The van der Waals surface area contributed by atoms with Gasteiger partial charge in [0.15, 0.2) is 0 Å². The molecule has 0 aliphatic rings. The Bertz CT molecular complexity index is 697. The summed E-state index contributed by atoms with van der Waals surface area (Å²) in [5.74, 6) is 0.867. The Labute approximate surface area is 118 Å². The van der Waals surface area contributed by atoms with Crippen molar-refractivity contribution in [1.82, 2.24) is 9.97 Å². The van der Waals surface area contributed by atoms with Gasteiger partial charge in [0, 0.05) is 20.2 Å². The molecule has 1 aromatic heterocycles. The molecule has 0 radical (unpaired) electrons. The molecule has 0 fully saturated rings. The number of aryl methyl sites for hydroxylation is 1. The lowest BCUT2D eigenvalue weighted by Crippen LogP contribution is -2.16.